The van der Waals surface area contributed by atoms with Crippen molar-refractivity contribution >= 4 is 5.69 Å². The molecule has 1 aliphatic carbocycles. The van der Waals surface area contributed by atoms with Crippen molar-refractivity contribution in [1.82, 2.24) is 0 Å². The molecule has 3 heteroatoms. The molecule has 0 amide bonds. The Balaban J connectivity index is 2.26. The van der Waals surface area contributed by atoms with E-state index in [1.807, 2.05) is 13.0 Å². The summed E-state index contributed by atoms with van der Waals surface area (Å²) in [5.41, 5.74) is 8.61. The van der Waals surface area contributed by atoms with Crippen LogP contribution in [-0.4, -0.2) is 13.6 Å². The second kappa shape index (κ2) is 4.88. The molecule has 0 aliphatic heterocycles. The fourth-order valence-corrected chi connectivity index (χ4v) is 2.48. The summed E-state index contributed by atoms with van der Waals surface area (Å²) in [6.07, 6.45) is 1.30. The Morgan fingerprint density at radius 2 is 2.11 bits per heavy atom. The maximum Gasteiger partial charge on any atom is 0.126 e. The van der Waals surface area contributed by atoms with E-state index in [0.29, 0.717) is 5.56 Å². The second-order valence-corrected chi connectivity index (χ2v) is 5.80. The average molecular weight is 250 g/mol. The molecule has 2 rings (SSSR count). The number of hydrogen-bond acceptors (Lipinski definition) is 2. The van der Waals surface area contributed by atoms with Crippen molar-refractivity contribution < 1.29 is 4.39 Å². The van der Waals surface area contributed by atoms with Gasteiger partial charge in [-0.15, -0.1) is 0 Å². The first-order chi connectivity index (χ1) is 8.40. The fraction of sp³-hybridized carbons (Fsp3) is 0.600. The van der Waals surface area contributed by atoms with E-state index in [1.54, 1.807) is 13.0 Å². The van der Waals surface area contributed by atoms with Gasteiger partial charge in [-0.2, -0.15) is 0 Å². The van der Waals surface area contributed by atoms with Gasteiger partial charge >= 0.3 is 0 Å². The number of anilines is 1. The van der Waals surface area contributed by atoms with Gasteiger partial charge in [0.2, 0.25) is 0 Å². The van der Waals surface area contributed by atoms with Gasteiger partial charge in [-0.1, -0.05) is 6.92 Å². The van der Waals surface area contributed by atoms with Crippen molar-refractivity contribution in [3.05, 3.63) is 29.1 Å². The number of aryl methyl sites for hydroxylation is 1. The van der Waals surface area contributed by atoms with Crippen molar-refractivity contribution in [1.29, 1.82) is 0 Å². The Labute approximate surface area is 109 Å². The molecule has 2 N–H and O–H groups in total. The first-order valence-corrected chi connectivity index (χ1v) is 6.67. The zero-order valence-corrected chi connectivity index (χ0v) is 11.7. The van der Waals surface area contributed by atoms with Gasteiger partial charge in [0.25, 0.3) is 0 Å². The van der Waals surface area contributed by atoms with Gasteiger partial charge in [-0.25, -0.2) is 4.39 Å². The number of benzene rings is 1. The molecule has 0 radical (unpaired) electrons. The summed E-state index contributed by atoms with van der Waals surface area (Å²) in [7, 11) is 2.07. The van der Waals surface area contributed by atoms with Crippen molar-refractivity contribution in [2.24, 2.45) is 17.6 Å². The van der Waals surface area contributed by atoms with E-state index in [-0.39, 0.29) is 11.9 Å². The van der Waals surface area contributed by atoms with Crippen LogP contribution in [0.3, 0.4) is 0 Å². The highest BCUT2D eigenvalue weighted by atomic mass is 19.1. The van der Waals surface area contributed by atoms with E-state index in [4.69, 9.17) is 5.73 Å². The Morgan fingerprint density at radius 1 is 1.50 bits per heavy atom. The minimum Gasteiger partial charge on any atom is -0.374 e. The number of rotatable bonds is 4. The first kappa shape index (κ1) is 13.3. The van der Waals surface area contributed by atoms with Crippen molar-refractivity contribution in [2.75, 3.05) is 18.5 Å². The molecule has 1 fully saturated rings. The lowest BCUT2D eigenvalue weighted by Crippen LogP contribution is -2.23. The lowest BCUT2D eigenvalue weighted by atomic mass is 10.0. The molecular weight excluding hydrogens is 227 g/mol. The zero-order chi connectivity index (χ0) is 13.4. The summed E-state index contributed by atoms with van der Waals surface area (Å²) >= 11 is 0. The lowest BCUT2D eigenvalue weighted by molar-refractivity contribution is 0.612. The van der Waals surface area contributed by atoms with Gasteiger partial charge in [0, 0.05) is 25.3 Å². The minimum absolute atomic E-state index is 0.144. The third-order valence-electron chi connectivity index (χ3n) is 3.99. The number of nitrogens with two attached hydrogens (primary N) is 1. The molecule has 3 atom stereocenters. The summed E-state index contributed by atoms with van der Waals surface area (Å²) in [5.74, 6) is 1.44. The normalized spacial score (nSPS) is 23.9. The van der Waals surface area contributed by atoms with E-state index >= 15 is 0 Å². The second-order valence-electron chi connectivity index (χ2n) is 5.80. The monoisotopic (exact) mass is 250 g/mol. The third kappa shape index (κ3) is 2.66. The van der Waals surface area contributed by atoms with Crippen LogP contribution in [0.1, 0.15) is 37.4 Å². The molecule has 0 saturated heterocycles. The van der Waals surface area contributed by atoms with E-state index in [1.165, 1.54) is 6.42 Å². The summed E-state index contributed by atoms with van der Waals surface area (Å²) in [6.45, 7) is 7.02. The van der Waals surface area contributed by atoms with Crippen molar-refractivity contribution in [2.45, 2.75) is 33.2 Å². The predicted octanol–water partition coefficient (Wildman–Crippen LogP) is 3.25. The molecule has 3 unspecified atom stereocenters. The summed E-state index contributed by atoms with van der Waals surface area (Å²) < 4.78 is 13.6. The zero-order valence-electron chi connectivity index (χ0n) is 11.7. The molecule has 0 aromatic heterocycles. The van der Waals surface area contributed by atoms with Crippen LogP contribution >= 0.6 is 0 Å². The Hall–Kier alpha value is -1.09. The Morgan fingerprint density at radius 3 is 2.61 bits per heavy atom. The first-order valence-electron chi connectivity index (χ1n) is 6.67. The largest absolute Gasteiger partial charge is 0.374 e. The molecule has 100 valence electrons. The quantitative estimate of drug-likeness (QED) is 0.889. The molecule has 1 aromatic rings. The van der Waals surface area contributed by atoms with Crippen LogP contribution in [0.25, 0.3) is 0 Å². The molecular formula is C15H23FN2. The van der Waals surface area contributed by atoms with E-state index in [2.05, 4.69) is 18.9 Å². The van der Waals surface area contributed by atoms with Crippen LogP contribution in [0.15, 0.2) is 12.1 Å². The lowest BCUT2D eigenvalue weighted by Gasteiger charge is -2.25. The SMILES string of the molecule is Cc1cc(N(C)CC2CC2C)c(C(C)N)cc1F. The topological polar surface area (TPSA) is 29.3 Å². The van der Waals surface area contributed by atoms with Gasteiger partial charge in [0.05, 0.1) is 0 Å². The van der Waals surface area contributed by atoms with E-state index < -0.39 is 0 Å². The molecule has 0 spiro atoms. The molecule has 0 heterocycles. The molecule has 1 saturated carbocycles. The molecule has 18 heavy (non-hydrogen) atoms. The van der Waals surface area contributed by atoms with Crippen LogP contribution in [-0.2, 0) is 0 Å². The highest BCUT2D eigenvalue weighted by Gasteiger charge is 2.33. The third-order valence-corrected chi connectivity index (χ3v) is 3.99. The van der Waals surface area contributed by atoms with Gasteiger partial charge < -0.3 is 10.6 Å². The van der Waals surface area contributed by atoms with Gasteiger partial charge in [0.1, 0.15) is 5.82 Å². The molecule has 0 bridgehead atoms. The smallest absolute Gasteiger partial charge is 0.126 e. The number of halogens is 1. The summed E-state index contributed by atoms with van der Waals surface area (Å²) in [5, 5.41) is 0. The van der Waals surface area contributed by atoms with E-state index in [9.17, 15) is 4.39 Å². The van der Waals surface area contributed by atoms with Crippen molar-refractivity contribution in [3.8, 4) is 0 Å². The van der Waals surface area contributed by atoms with Gasteiger partial charge in [-0.05, 0) is 55.4 Å². The van der Waals surface area contributed by atoms with Crippen LogP contribution in [0.5, 0.6) is 0 Å². The van der Waals surface area contributed by atoms with Crippen LogP contribution in [0.2, 0.25) is 0 Å². The summed E-state index contributed by atoms with van der Waals surface area (Å²) in [6, 6.07) is 3.36. The minimum atomic E-state index is -0.167. The maximum atomic E-state index is 13.6. The molecule has 1 aromatic carbocycles. The van der Waals surface area contributed by atoms with Crippen LogP contribution in [0, 0.1) is 24.6 Å². The van der Waals surface area contributed by atoms with Crippen molar-refractivity contribution in [3.63, 3.8) is 0 Å². The maximum absolute atomic E-state index is 13.6. The van der Waals surface area contributed by atoms with Gasteiger partial charge in [0.15, 0.2) is 0 Å². The summed E-state index contributed by atoms with van der Waals surface area (Å²) in [4.78, 5) is 2.22. The van der Waals surface area contributed by atoms with E-state index in [0.717, 1.165) is 29.6 Å². The number of nitrogens with zero attached hydrogens (tertiary/aromatic N) is 1. The predicted molar refractivity (Wildman–Crippen MR) is 74.3 cm³/mol. The fourth-order valence-electron chi connectivity index (χ4n) is 2.48. The highest BCUT2D eigenvalue weighted by Crippen LogP contribution is 2.39. The highest BCUT2D eigenvalue weighted by molar-refractivity contribution is 5.56. The Bertz CT molecular complexity index is 442. The number of hydrogen-bond donors (Lipinski definition) is 1. The average Bonchev–Trinajstić information content (AvgIpc) is 2.97. The van der Waals surface area contributed by atoms with Crippen LogP contribution in [0.4, 0.5) is 10.1 Å². The molecule has 2 nitrogen and oxygen atoms in total. The molecule has 1 aliphatic rings. The van der Waals surface area contributed by atoms with Gasteiger partial charge in [-0.3, -0.25) is 0 Å². The Kier molecular flexibility index (Phi) is 3.62. The standard InChI is InChI=1S/C15H23FN2/c1-9-5-12(9)8-18(4)15-6-10(2)14(16)7-13(15)11(3)17/h6-7,9,11-12H,5,8,17H2,1-4H3. The van der Waals surface area contributed by atoms with Crippen LogP contribution < -0.4 is 10.6 Å².